The van der Waals surface area contributed by atoms with Gasteiger partial charge in [0, 0.05) is 36.9 Å². The highest BCUT2D eigenvalue weighted by atomic mass is 19.4. The Bertz CT molecular complexity index is 898. The molecule has 0 aromatic carbocycles. The molecule has 0 radical (unpaired) electrons. The molecular weight excluding hydrogens is 355 g/mol. The van der Waals surface area contributed by atoms with E-state index in [4.69, 9.17) is 9.47 Å². The van der Waals surface area contributed by atoms with Crippen LogP contribution in [0.25, 0.3) is 11.4 Å². The van der Waals surface area contributed by atoms with Gasteiger partial charge in [0.25, 0.3) is 0 Å². The average Bonchev–Trinajstić information content (AvgIpc) is 3.26. The minimum atomic E-state index is -4.69. The first-order chi connectivity index (χ1) is 12.5. The van der Waals surface area contributed by atoms with E-state index in [0.29, 0.717) is 23.7 Å². The van der Waals surface area contributed by atoms with Crippen LogP contribution in [0.5, 0.6) is 11.8 Å². The summed E-state index contributed by atoms with van der Waals surface area (Å²) < 4.78 is 54.7. The molecule has 3 aromatic heterocycles. The van der Waals surface area contributed by atoms with Gasteiger partial charge in [-0.25, -0.2) is 9.67 Å². The Kier molecular flexibility index (Phi) is 3.98. The van der Waals surface area contributed by atoms with Gasteiger partial charge in [-0.1, -0.05) is 5.16 Å². The Morgan fingerprint density at radius 2 is 2.15 bits per heavy atom. The number of hydrogen-bond donors (Lipinski definition) is 0. The van der Waals surface area contributed by atoms with Gasteiger partial charge < -0.3 is 14.0 Å². The van der Waals surface area contributed by atoms with Crippen molar-refractivity contribution in [2.75, 3.05) is 6.61 Å². The third-order valence-electron chi connectivity index (χ3n) is 3.59. The van der Waals surface area contributed by atoms with Crippen molar-refractivity contribution >= 4 is 0 Å². The fraction of sp³-hybridized carbons (Fsp3) is 0.333. The van der Waals surface area contributed by atoms with Crippen LogP contribution >= 0.6 is 0 Å². The topological polar surface area (TPSA) is 88.1 Å². The van der Waals surface area contributed by atoms with E-state index in [9.17, 15) is 13.2 Å². The first-order valence-corrected chi connectivity index (χ1v) is 7.69. The third-order valence-corrected chi connectivity index (χ3v) is 3.59. The first-order valence-electron chi connectivity index (χ1n) is 7.69. The van der Waals surface area contributed by atoms with Crippen molar-refractivity contribution < 1.29 is 27.2 Å². The highest BCUT2D eigenvalue weighted by molar-refractivity contribution is 5.55. The van der Waals surface area contributed by atoms with Gasteiger partial charge in [0.05, 0.1) is 6.61 Å². The Morgan fingerprint density at radius 1 is 1.27 bits per heavy atom. The molecule has 0 atom stereocenters. The summed E-state index contributed by atoms with van der Waals surface area (Å²) in [6, 6.07) is 4.66. The maximum atomic E-state index is 12.5. The summed E-state index contributed by atoms with van der Waals surface area (Å²) in [5, 5.41) is 7.69. The van der Waals surface area contributed by atoms with Gasteiger partial charge in [0.15, 0.2) is 0 Å². The molecule has 136 valence electrons. The second-order valence-corrected chi connectivity index (χ2v) is 5.49. The summed E-state index contributed by atoms with van der Waals surface area (Å²) in [5.74, 6) is -0.721. The zero-order valence-electron chi connectivity index (χ0n) is 13.2. The van der Waals surface area contributed by atoms with Crippen LogP contribution in [-0.4, -0.2) is 31.5 Å². The quantitative estimate of drug-likeness (QED) is 0.700. The van der Waals surface area contributed by atoms with Crippen LogP contribution in [0, 0.1) is 0 Å². The molecule has 4 rings (SSSR count). The van der Waals surface area contributed by atoms with Gasteiger partial charge in [-0.15, -0.1) is 0 Å². The fourth-order valence-electron chi connectivity index (χ4n) is 2.42. The standard InChI is InChI=1S/C15H12F3N5O3/c16-15(17,18)14-20-13(22-26-14)9-2-3-19-11(6-9)25-8-10-7-12-23(21-10)4-1-5-24-12/h2-3,6-7H,1,4-5,8H2. The van der Waals surface area contributed by atoms with Gasteiger partial charge in [0.2, 0.25) is 17.6 Å². The molecule has 8 nitrogen and oxygen atoms in total. The first kappa shape index (κ1) is 16.4. The van der Waals surface area contributed by atoms with Crippen molar-refractivity contribution in [2.45, 2.75) is 25.7 Å². The van der Waals surface area contributed by atoms with Crippen LogP contribution in [0.3, 0.4) is 0 Å². The molecule has 0 bridgehead atoms. The lowest BCUT2D eigenvalue weighted by Crippen LogP contribution is -2.14. The predicted molar refractivity (Wildman–Crippen MR) is 79.2 cm³/mol. The van der Waals surface area contributed by atoms with E-state index in [1.807, 2.05) is 0 Å². The molecule has 11 heteroatoms. The van der Waals surface area contributed by atoms with Crippen molar-refractivity contribution in [1.82, 2.24) is 24.9 Å². The summed E-state index contributed by atoms with van der Waals surface area (Å²) in [7, 11) is 0. The molecule has 0 amide bonds. The van der Waals surface area contributed by atoms with E-state index in [1.54, 1.807) is 10.7 Å². The number of rotatable bonds is 4. The number of aromatic nitrogens is 5. The average molecular weight is 367 g/mol. The van der Waals surface area contributed by atoms with E-state index in [-0.39, 0.29) is 18.3 Å². The SMILES string of the molecule is FC(F)(F)c1nc(-c2ccnc(OCc3cc4n(n3)CCCO4)c2)no1. The molecule has 1 aliphatic rings. The van der Waals surface area contributed by atoms with Gasteiger partial charge in [-0.3, -0.25) is 0 Å². The summed E-state index contributed by atoms with van der Waals surface area (Å²) in [5.41, 5.74) is 0.953. The predicted octanol–water partition coefficient (Wildman–Crippen LogP) is 2.71. The van der Waals surface area contributed by atoms with Crippen LogP contribution < -0.4 is 9.47 Å². The lowest BCUT2D eigenvalue weighted by atomic mass is 10.2. The summed E-state index contributed by atoms with van der Waals surface area (Å²) in [6.45, 7) is 1.57. The number of halogens is 3. The lowest BCUT2D eigenvalue weighted by Gasteiger charge is -2.13. The van der Waals surface area contributed by atoms with E-state index in [2.05, 4.69) is 24.7 Å². The number of ether oxygens (including phenoxy) is 2. The smallest absolute Gasteiger partial charge is 0.471 e. The molecular formula is C15H12F3N5O3. The second-order valence-electron chi connectivity index (χ2n) is 5.49. The second kappa shape index (κ2) is 6.32. The van der Waals surface area contributed by atoms with Gasteiger partial charge in [-0.2, -0.15) is 23.3 Å². The summed E-state index contributed by atoms with van der Waals surface area (Å²) >= 11 is 0. The monoisotopic (exact) mass is 367 g/mol. The number of pyridine rings is 1. The summed E-state index contributed by atoms with van der Waals surface area (Å²) in [4.78, 5) is 7.36. The maximum Gasteiger partial charge on any atom is 0.471 e. The molecule has 0 N–H and O–H groups in total. The van der Waals surface area contributed by atoms with E-state index < -0.39 is 12.1 Å². The van der Waals surface area contributed by atoms with Crippen molar-refractivity contribution in [3.63, 3.8) is 0 Å². The zero-order valence-corrected chi connectivity index (χ0v) is 13.2. The fourth-order valence-corrected chi connectivity index (χ4v) is 2.42. The highest BCUT2D eigenvalue weighted by Gasteiger charge is 2.38. The van der Waals surface area contributed by atoms with Crippen molar-refractivity contribution in [1.29, 1.82) is 0 Å². The van der Waals surface area contributed by atoms with Crippen molar-refractivity contribution in [2.24, 2.45) is 0 Å². The van der Waals surface area contributed by atoms with Crippen LogP contribution in [-0.2, 0) is 19.3 Å². The van der Waals surface area contributed by atoms with E-state index in [1.165, 1.54) is 18.3 Å². The lowest BCUT2D eigenvalue weighted by molar-refractivity contribution is -0.159. The Morgan fingerprint density at radius 3 is 2.92 bits per heavy atom. The van der Waals surface area contributed by atoms with Crippen LogP contribution in [0.1, 0.15) is 18.0 Å². The molecule has 3 aromatic rings. The maximum absolute atomic E-state index is 12.5. The third kappa shape index (κ3) is 3.32. The number of nitrogens with zero attached hydrogens (tertiary/aromatic N) is 5. The van der Waals surface area contributed by atoms with Crippen molar-refractivity contribution in [3.05, 3.63) is 36.0 Å². The number of alkyl halides is 3. The van der Waals surface area contributed by atoms with Crippen LogP contribution in [0.2, 0.25) is 0 Å². The van der Waals surface area contributed by atoms with E-state index in [0.717, 1.165) is 13.0 Å². The Labute approximate surface area is 144 Å². The van der Waals surface area contributed by atoms with Gasteiger partial charge in [-0.05, 0) is 6.07 Å². The molecule has 4 heterocycles. The molecule has 0 aliphatic carbocycles. The van der Waals surface area contributed by atoms with E-state index >= 15 is 0 Å². The molecule has 1 aliphatic heterocycles. The molecule has 0 fully saturated rings. The molecule has 0 unspecified atom stereocenters. The molecule has 26 heavy (non-hydrogen) atoms. The molecule has 0 saturated carbocycles. The van der Waals surface area contributed by atoms with Crippen LogP contribution in [0.4, 0.5) is 13.2 Å². The number of fused-ring (bicyclic) bond motifs is 1. The summed E-state index contributed by atoms with van der Waals surface area (Å²) in [6.07, 6.45) is -2.42. The molecule has 0 saturated heterocycles. The minimum Gasteiger partial charge on any atom is -0.478 e. The Balaban J connectivity index is 1.47. The van der Waals surface area contributed by atoms with Crippen molar-refractivity contribution in [3.8, 4) is 23.1 Å². The van der Waals surface area contributed by atoms with Crippen LogP contribution in [0.15, 0.2) is 28.9 Å². The van der Waals surface area contributed by atoms with Gasteiger partial charge >= 0.3 is 12.1 Å². The van der Waals surface area contributed by atoms with Gasteiger partial charge in [0.1, 0.15) is 12.3 Å². The normalized spacial score (nSPS) is 14.0. The molecule has 0 spiro atoms. The Hall–Kier alpha value is -3.11. The minimum absolute atomic E-state index is 0.139. The zero-order chi connectivity index (χ0) is 18.1. The highest BCUT2D eigenvalue weighted by Crippen LogP contribution is 2.30. The number of aryl methyl sites for hydroxylation is 1. The largest absolute Gasteiger partial charge is 0.478 e. The number of hydrogen-bond acceptors (Lipinski definition) is 7.